The summed E-state index contributed by atoms with van der Waals surface area (Å²) in [6.45, 7) is 2.04. The summed E-state index contributed by atoms with van der Waals surface area (Å²) in [4.78, 5) is 23.5. The van der Waals surface area contributed by atoms with Gasteiger partial charge in [-0.25, -0.2) is 9.97 Å². The Morgan fingerprint density at radius 2 is 1.89 bits per heavy atom. The molecule has 1 aromatic rings. The molecular formula is C21H33N5O. The summed E-state index contributed by atoms with van der Waals surface area (Å²) in [5.74, 6) is 2.78. The van der Waals surface area contributed by atoms with Crippen LogP contribution in [0, 0.1) is 5.92 Å². The van der Waals surface area contributed by atoms with Gasteiger partial charge in [0.25, 0.3) is 0 Å². The molecule has 0 unspecified atom stereocenters. The smallest absolute Gasteiger partial charge is 0.220 e. The predicted molar refractivity (Wildman–Crippen MR) is 108 cm³/mol. The van der Waals surface area contributed by atoms with Crippen LogP contribution in [0.5, 0.6) is 0 Å². The van der Waals surface area contributed by atoms with Gasteiger partial charge in [-0.2, -0.15) is 0 Å². The van der Waals surface area contributed by atoms with Gasteiger partial charge in [0.1, 0.15) is 18.0 Å². The van der Waals surface area contributed by atoms with E-state index in [9.17, 15) is 4.79 Å². The number of aromatic nitrogens is 2. The van der Waals surface area contributed by atoms with E-state index in [0.29, 0.717) is 24.4 Å². The van der Waals surface area contributed by atoms with Gasteiger partial charge in [0.15, 0.2) is 0 Å². The summed E-state index contributed by atoms with van der Waals surface area (Å²) >= 11 is 0. The van der Waals surface area contributed by atoms with Crippen molar-refractivity contribution in [3.8, 4) is 0 Å². The van der Waals surface area contributed by atoms with Crippen LogP contribution in [0.1, 0.15) is 70.6 Å². The maximum absolute atomic E-state index is 12.3. The molecule has 1 saturated heterocycles. The van der Waals surface area contributed by atoms with Gasteiger partial charge in [-0.3, -0.25) is 4.79 Å². The number of amides is 1. The van der Waals surface area contributed by atoms with Crippen LogP contribution in [-0.4, -0.2) is 41.0 Å². The molecule has 2 saturated carbocycles. The highest BCUT2D eigenvalue weighted by molar-refractivity contribution is 5.76. The van der Waals surface area contributed by atoms with E-state index in [0.717, 1.165) is 44.0 Å². The second-order valence-corrected chi connectivity index (χ2v) is 8.58. The first kappa shape index (κ1) is 18.5. The fraction of sp³-hybridized carbons (Fsp3) is 0.762. The van der Waals surface area contributed by atoms with Gasteiger partial charge in [-0.05, 0) is 50.9 Å². The molecule has 1 aromatic heterocycles. The summed E-state index contributed by atoms with van der Waals surface area (Å²) in [6, 6.07) is 3.10. The molecule has 27 heavy (non-hydrogen) atoms. The van der Waals surface area contributed by atoms with Gasteiger partial charge in [0.2, 0.25) is 5.91 Å². The van der Waals surface area contributed by atoms with Crippen molar-refractivity contribution in [3.63, 3.8) is 0 Å². The highest BCUT2D eigenvalue weighted by Gasteiger charge is 2.24. The minimum Gasteiger partial charge on any atom is -0.367 e. The Morgan fingerprint density at radius 3 is 2.70 bits per heavy atom. The van der Waals surface area contributed by atoms with Crippen LogP contribution in [-0.2, 0) is 4.79 Å². The number of nitrogens with one attached hydrogen (secondary N) is 2. The fourth-order valence-electron chi connectivity index (χ4n) is 4.43. The van der Waals surface area contributed by atoms with E-state index in [-0.39, 0.29) is 5.91 Å². The standard InChI is InChI=1S/C21H33N5O/c27-21(25-17-6-2-1-3-7-17)11-8-16-5-4-12-26(14-16)20-13-19(22-15-23-20)24-18-9-10-18/h13,15-18H,1-12,14H2,(H,25,27)(H,22,23,24)/t16-/m1/s1. The number of piperidine rings is 1. The van der Waals surface area contributed by atoms with Gasteiger partial charge < -0.3 is 15.5 Å². The van der Waals surface area contributed by atoms with E-state index in [1.807, 2.05) is 0 Å². The van der Waals surface area contributed by atoms with Gasteiger partial charge in [-0.15, -0.1) is 0 Å². The Bertz CT molecular complexity index is 627. The second kappa shape index (κ2) is 8.89. The third kappa shape index (κ3) is 5.56. The summed E-state index contributed by atoms with van der Waals surface area (Å²) in [7, 11) is 0. The first-order valence-corrected chi connectivity index (χ1v) is 10.9. The molecular weight excluding hydrogens is 338 g/mol. The van der Waals surface area contributed by atoms with Crippen molar-refractivity contribution in [2.24, 2.45) is 5.92 Å². The average Bonchev–Trinajstić information content (AvgIpc) is 3.52. The van der Waals surface area contributed by atoms with E-state index < -0.39 is 0 Å². The Kier molecular flexibility index (Phi) is 6.10. The van der Waals surface area contributed by atoms with Crippen molar-refractivity contribution in [1.29, 1.82) is 0 Å². The molecule has 6 nitrogen and oxygen atoms in total. The van der Waals surface area contributed by atoms with Gasteiger partial charge in [-0.1, -0.05) is 19.3 Å². The summed E-state index contributed by atoms with van der Waals surface area (Å²) in [5, 5.41) is 6.71. The third-order valence-electron chi connectivity index (χ3n) is 6.17. The maximum atomic E-state index is 12.3. The number of rotatable bonds is 7. The lowest BCUT2D eigenvalue weighted by Crippen LogP contribution is -2.38. The molecule has 0 aromatic carbocycles. The summed E-state index contributed by atoms with van der Waals surface area (Å²) < 4.78 is 0. The predicted octanol–water partition coefficient (Wildman–Crippen LogP) is 3.50. The molecule has 3 aliphatic rings. The largest absolute Gasteiger partial charge is 0.367 e. The number of carbonyl (C=O) groups is 1. The van der Waals surface area contributed by atoms with Crippen LogP contribution >= 0.6 is 0 Å². The maximum Gasteiger partial charge on any atom is 0.220 e. The van der Waals surface area contributed by atoms with Crippen molar-refractivity contribution >= 4 is 17.5 Å². The van der Waals surface area contributed by atoms with Crippen LogP contribution in [0.4, 0.5) is 11.6 Å². The van der Waals surface area contributed by atoms with Gasteiger partial charge >= 0.3 is 0 Å². The van der Waals surface area contributed by atoms with Gasteiger partial charge in [0.05, 0.1) is 0 Å². The molecule has 2 aliphatic carbocycles. The van der Waals surface area contributed by atoms with Crippen LogP contribution in [0.2, 0.25) is 0 Å². The van der Waals surface area contributed by atoms with E-state index in [4.69, 9.17) is 0 Å². The monoisotopic (exact) mass is 371 g/mol. The van der Waals surface area contributed by atoms with Gasteiger partial charge in [0, 0.05) is 37.7 Å². The molecule has 2 N–H and O–H groups in total. The lowest BCUT2D eigenvalue weighted by atomic mass is 9.92. The minimum absolute atomic E-state index is 0.247. The zero-order valence-corrected chi connectivity index (χ0v) is 16.3. The highest BCUT2D eigenvalue weighted by Crippen LogP contribution is 2.28. The molecule has 4 rings (SSSR count). The lowest BCUT2D eigenvalue weighted by Gasteiger charge is -2.33. The molecule has 1 amide bonds. The van der Waals surface area contributed by atoms with Crippen molar-refractivity contribution in [2.75, 3.05) is 23.3 Å². The Balaban J connectivity index is 1.24. The quantitative estimate of drug-likeness (QED) is 0.768. The van der Waals surface area contributed by atoms with E-state index in [1.54, 1.807) is 6.33 Å². The van der Waals surface area contributed by atoms with Crippen molar-refractivity contribution in [3.05, 3.63) is 12.4 Å². The van der Waals surface area contributed by atoms with Crippen molar-refractivity contribution < 1.29 is 4.79 Å². The topological polar surface area (TPSA) is 70.2 Å². The first-order chi connectivity index (χ1) is 13.3. The normalized spacial score (nSPS) is 23.9. The van der Waals surface area contributed by atoms with Crippen molar-refractivity contribution in [2.45, 2.75) is 82.7 Å². The molecule has 6 heteroatoms. The molecule has 3 fully saturated rings. The number of anilines is 2. The highest BCUT2D eigenvalue weighted by atomic mass is 16.1. The Hall–Kier alpha value is -1.85. The molecule has 1 atom stereocenters. The number of hydrogen-bond donors (Lipinski definition) is 2. The molecule has 1 aliphatic heterocycles. The van der Waals surface area contributed by atoms with Crippen LogP contribution < -0.4 is 15.5 Å². The van der Waals surface area contributed by atoms with Crippen LogP contribution in [0.15, 0.2) is 12.4 Å². The van der Waals surface area contributed by atoms with Crippen LogP contribution in [0.3, 0.4) is 0 Å². The first-order valence-electron chi connectivity index (χ1n) is 10.9. The molecule has 0 bridgehead atoms. The van der Waals surface area contributed by atoms with Crippen LogP contribution in [0.25, 0.3) is 0 Å². The summed E-state index contributed by atoms with van der Waals surface area (Å²) in [6.07, 6.45) is 14.4. The fourth-order valence-corrected chi connectivity index (χ4v) is 4.43. The van der Waals surface area contributed by atoms with E-state index >= 15 is 0 Å². The van der Waals surface area contributed by atoms with Crippen molar-refractivity contribution in [1.82, 2.24) is 15.3 Å². The summed E-state index contributed by atoms with van der Waals surface area (Å²) in [5.41, 5.74) is 0. The third-order valence-corrected chi connectivity index (χ3v) is 6.17. The van der Waals surface area contributed by atoms with E-state index in [2.05, 4.69) is 31.6 Å². The number of hydrogen-bond acceptors (Lipinski definition) is 5. The molecule has 0 radical (unpaired) electrons. The Labute approximate surface area is 162 Å². The lowest BCUT2D eigenvalue weighted by molar-refractivity contribution is -0.122. The van der Waals surface area contributed by atoms with E-state index in [1.165, 1.54) is 44.9 Å². The molecule has 2 heterocycles. The minimum atomic E-state index is 0.247. The number of nitrogens with zero attached hydrogens (tertiary/aromatic N) is 3. The SMILES string of the molecule is O=C(CC[C@H]1CCCN(c2cc(NC3CC3)ncn2)C1)NC1CCCCC1. The zero-order valence-electron chi connectivity index (χ0n) is 16.3. The average molecular weight is 372 g/mol. The Morgan fingerprint density at radius 1 is 1.04 bits per heavy atom. The molecule has 148 valence electrons. The molecule has 0 spiro atoms. The second-order valence-electron chi connectivity index (χ2n) is 8.58. The number of carbonyl (C=O) groups excluding carboxylic acids is 1. The zero-order chi connectivity index (χ0) is 18.5.